The second-order valence-corrected chi connectivity index (χ2v) is 5.98. The summed E-state index contributed by atoms with van der Waals surface area (Å²) in [6, 6.07) is 8.55. The van der Waals surface area contributed by atoms with Crippen LogP contribution in [-0.2, 0) is 4.79 Å². The fourth-order valence-corrected chi connectivity index (χ4v) is 2.61. The van der Waals surface area contributed by atoms with Crippen LogP contribution in [0.15, 0.2) is 36.4 Å². The van der Waals surface area contributed by atoms with E-state index in [2.05, 4.69) is 5.32 Å². The number of benzene rings is 2. The van der Waals surface area contributed by atoms with E-state index in [1.54, 1.807) is 36.4 Å². The average molecular weight is 371 g/mol. The molecule has 1 N–H and O–H groups in total. The summed E-state index contributed by atoms with van der Waals surface area (Å²) in [4.78, 5) is 12.1. The zero-order chi connectivity index (χ0) is 17.0. The van der Waals surface area contributed by atoms with Crippen LogP contribution in [0.4, 0.5) is 5.69 Å². The Hall–Kier alpha value is -1.68. The Bertz CT molecular complexity index is 752. The van der Waals surface area contributed by atoms with Crippen molar-refractivity contribution in [3.05, 3.63) is 62.6 Å². The van der Waals surface area contributed by atoms with E-state index in [1.807, 2.05) is 6.92 Å². The Balaban J connectivity index is 2.20. The van der Waals surface area contributed by atoms with Crippen LogP contribution in [-0.4, -0.2) is 13.0 Å². The molecule has 0 aliphatic carbocycles. The average Bonchev–Trinajstić information content (AvgIpc) is 2.50. The summed E-state index contributed by atoms with van der Waals surface area (Å²) in [5.74, 6) is 0.152. The van der Waals surface area contributed by atoms with Gasteiger partial charge in [0.05, 0.1) is 12.8 Å². The van der Waals surface area contributed by atoms with Crippen LogP contribution in [0.5, 0.6) is 5.75 Å². The lowest BCUT2D eigenvalue weighted by atomic mass is 10.2. The molecule has 0 aliphatic rings. The minimum Gasteiger partial charge on any atom is -0.495 e. The number of hydrogen-bond donors (Lipinski definition) is 1. The van der Waals surface area contributed by atoms with Crippen molar-refractivity contribution in [1.29, 1.82) is 0 Å². The second kappa shape index (κ2) is 7.73. The third-order valence-electron chi connectivity index (χ3n) is 3.14. The molecule has 120 valence electrons. The van der Waals surface area contributed by atoms with Crippen molar-refractivity contribution in [2.24, 2.45) is 0 Å². The van der Waals surface area contributed by atoms with E-state index >= 15 is 0 Å². The first kappa shape index (κ1) is 17.7. The van der Waals surface area contributed by atoms with Gasteiger partial charge in [0.1, 0.15) is 5.75 Å². The van der Waals surface area contributed by atoms with Crippen molar-refractivity contribution in [3.63, 3.8) is 0 Å². The van der Waals surface area contributed by atoms with Gasteiger partial charge in [0, 0.05) is 32.8 Å². The van der Waals surface area contributed by atoms with Crippen molar-refractivity contribution in [3.8, 4) is 5.75 Å². The first-order chi connectivity index (χ1) is 10.9. The third kappa shape index (κ3) is 4.41. The molecule has 0 fully saturated rings. The molecule has 1 amide bonds. The number of carbonyl (C=O) groups is 1. The maximum Gasteiger partial charge on any atom is 0.248 e. The van der Waals surface area contributed by atoms with Gasteiger partial charge in [-0.3, -0.25) is 4.79 Å². The number of nitrogens with one attached hydrogen (secondary N) is 1. The van der Waals surface area contributed by atoms with Gasteiger partial charge in [-0.25, -0.2) is 0 Å². The van der Waals surface area contributed by atoms with Gasteiger partial charge in [0.15, 0.2) is 0 Å². The monoisotopic (exact) mass is 369 g/mol. The molecule has 0 aromatic heterocycles. The van der Waals surface area contributed by atoms with E-state index in [1.165, 1.54) is 13.2 Å². The zero-order valence-electron chi connectivity index (χ0n) is 12.5. The highest BCUT2D eigenvalue weighted by Gasteiger charge is 2.09. The molecule has 2 rings (SSSR count). The minimum absolute atomic E-state index is 0.332. The van der Waals surface area contributed by atoms with Gasteiger partial charge < -0.3 is 10.1 Å². The summed E-state index contributed by atoms with van der Waals surface area (Å²) in [5, 5.41) is 4.26. The van der Waals surface area contributed by atoms with E-state index in [0.717, 1.165) is 5.56 Å². The lowest BCUT2D eigenvalue weighted by Gasteiger charge is -2.11. The van der Waals surface area contributed by atoms with Crippen LogP contribution < -0.4 is 10.1 Å². The SMILES string of the molecule is COc1cc(Cl)c(C)cc1NC(=O)/C=C/c1c(Cl)cccc1Cl. The second-order valence-electron chi connectivity index (χ2n) is 4.76. The fourth-order valence-electron chi connectivity index (χ4n) is 1.93. The molecular formula is C17H14Cl3NO2. The maximum absolute atomic E-state index is 12.1. The normalized spacial score (nSPS) is 10.8. The molecule has 23 heavy (non-hydrogen) atoms. The number of anilines is 1. The number of hydrogen-bond acceptors (Lipinski definition) is 2. The van der Waals surface area contributed by atoms with E-state index in [4.69, 9.17) is 39.5 Å². The number of ether oxygens (including phenoxy) is 1. The number of carbonyl (C=O) groups excluding carboxylic acids is 1. The smallest absolute Gasteiger partial charge is 0.248 e. The van der Waals surface area contributed by atoms with Crippen molar-refractivity contribution in [1.82, 2.24) is 0 Å². The van der Waals surface area contributed by atoms with E-state index in [-0.39, 0.29) is 5.91 Å². The summed E-state index contributed by atoms with van der Waals surface area (Å²) in [7, 11) is 1.51. The lowest BCUT2D eigenvalue weighted by molar-refractivity contribution is -0.111. The molecule has 0 saturated carbocycles. The first-order valence-electron chi connectivity index (χ1n) is 6.69. The quantitative estimate of drug-likeness (QED) is 0.710. The standard InChI is InChI=1S/C17H14Cl3NO2/c1-10-8-15(16(23-2)9-14(10)20)21-17(22)7-6-11-12(18)4-3-5-13(11)19/h3-9H,1-2H3,(H,21,22)/b7-6+. The van der Waals surface area contributed by atoms with Gasteiger partial charge >= 0.3 is 0 Å². The largest absolute Gasteiger partial charge is 0.495 e. The van der Waals surface area contributed by atoms with Crippen molar-refractivity contribution in [2.75, 3.05) is 12.4 Å². The minimum atomic E-state index is -0.332. The fraction of sp³-hybridized carbons (Fsp3) is 0.118. The van der Waals surface area contributed by atoms with Crippen LogP contribution >= 0.6 is 34.8 Å². The Kier molecular flexibility index (Phi) is 5.94. The van der Waals surface area contributed by atoms with E-state index in [0.29, 0.717) is 32.1 Å². The summed E-state index contributed by atoms with van der Waals surface area (Å²) < 4.78 is 5.22. The summed E-state index contributed by atoms with van der Waals surface area (Å²) in [5.41, 5.74) is 1.96. The highest BCUT2D eigenvalue weighted by Crippen LogP contribution is 2.31. The molecule has 0 bridgehead atoms. The molecule has 0 saturated heterocycles. The topological polar surface area (TPSA) is 38.3 Å². The van der Waals surface area contributed by atoms with Crippen molar-refractivity contribution >= 4 is 52.5 Å². The van der Waals surface area contributed by atoms with Gasteiger partial charge in [0.2, 0.25) is 5.91 Å². The van der Waals surface area contributed by atoms with Crippen LogP contribution in [0.3, 0.4) is 0 Å². The number of rotatable bonds is 4. The lowest BCUT2D eigenvalue weighted by Crippen LogP contribution is -2.09. The molecule has 0 atom stereocenters. The van der Waals surface area contributed by atoms with Crippen molar-refractivity contribution < 1.29 is 9.53 Å². The molecule has 3 nitrogen and oxygen atoms in total. The summed E-state index contributed by atoms with van der Waals surface area (Å²) in [6.07, 6.45) is 2.92. The number of aryl methyl sites for hydroxylation is 1. The van der Waals surface area contributed by atoms with Gasteiger partial charge in [-0.2, -0.15) is 0 Å². The predicted molar refractivity (Wildman–Crippen MR) is 96.9 cm³/mol. The molecule has 0 aliphatic heterocycles. The van der Waals surface area contributed by atoms with Gasteiger partial charge in [-0.05, 0) is 36.8 Å². The predicted octanol–water partition coefficient (Wildman–Crippen LogP) is 5.62. The molecule has 0 heterocycles. The van der Waals surface area contributed by atoms with Crippen LogP contribution in [0.25, 0.3) is 6.08 Å². The highest BCUT2D eigenvalue weighted by molar-refractivity contribution is 6.37. The van der Waals surface area contributed by atoms with Crippen LogP contribution in [0.1, 0.15) is 11.1 Å². The van der Waals surface area contributed by atoms with Crippen LogP contribution in [0, 0.1) is 6.92 Å². The number of methoxy groups -OCH3 is 1. The molecule has 0 spiro atoms. The Morgan fingerprint density at radius 1 is 1.13 bits per heavy atom. The molecular weight excluding hydrogens is 357 g/mol. The van der Waals surface area contributed by atoms with E-state index < -0.39 is 0 Å². The maximum atomic E-state index is 12.1. The van der Waals surface area contributed by atoms with E-state index in [9.17, 15) is 4.79 Å². The molecule has 0 unspecified atom stereocenters. The number of amides is 1. The molecule has 2 aromatic rings. The first-order valence-corrected chi connectivity index (χ1v) is 7.83. The molecule has 0 radical (unpaired) electrons. The van der Waals surface area contributed by atoms with Gasteiger partial charge in [0.25, 0.3) is 0 Å². The number of halogens is 3. The van der Waals surface area contributed by atoms with Gasteiger partial charge in [-0.1, -0.05) is 40.9 Å². The van der Waals surface area contributed by atoms with Crippen LogP contribution in [0.2, 0.25) is 15.1 Å². The Morgan fingerprint density at radius 2 is 1.78 bits per heavy atom. The van der Waals surface area contributed by atoms with Crippen molar-refractivity contribution in [2.45, 2.75) is 6.92 Å². The zero-order valence-corrected chi connectivity index (χ0v) is 14.8. The Labute approximate surface area is 149 Å². The van der Waals surface area contributed by atoms with Gasteiger partial charge in [-0.15, -0.1) is 0 Å². The Morgan fingerprint density at radius 3 is 2.39 bits per heavy atom. The molecule has 2 aromatic carbocycles. The summed E-state index contributed by atoms with van der Waals surface area (Å²) >= 11 is 18.2. The third-order valence-corrected chi connectivity index (χ3v) is 4.21. The summed E-state index contributed by atoms with van der Waals surface area (Å²) in [6.45, 7) is 1.84. The highest BCUT2D eigenvalue weighted by atomic mass is 35.5. The molecule has 6 heteroatoms.